The Balaban J connectivity index is 2.99. The van der Waals surface area contributed by atoms with Gasteiger partial charge in [0.1, 0.15) is 0 Å². The molecule has 0 aliphatic rings. The van der Waals surface area contributed by atoms with Crippen LogP contribution >= 0.6 is 22.9 Å². The molecule has 1 rings (SSSR count). The van der Waals surface area contributed by atoms with Crippen molar-refractivity contribution in [3.05, 3.63) is 21.3 Å². The van der Waals surface area contributed by atoms with Gasteiger partial charge in [0.25, 0.3) is 0 Å². The molecule has 1 N–H and O–H groups in total. The normalized spacial score (nSPS) is 14.4. The second-order valence-electron chi connectivity index (χ2n) is 4.68. The number of thiophene rings is 1. The molecular weight excluding hydrogens is 240 g/mol. The first-order valence-electron chi connectivity index (χ1n) is 5.55. The predicted octanol–water partition coefficient (Wildman–Crippen LogP) is 3.39. The van der Waals surface area contributed by atoms with Gasteiger partial charge in [-0.15, -0.1) is 11.3 Å². The lowest BCUT2D eigenvalue weighted by molar-refractivity contribution is 0.141. The fourth-order valence-electron chi connectivity index (χ4n) is 1.64. The molecule has 0 aromatic carbocycles. The molecule has 92 valence electrons. The summed E-state index contributed by atoms with van der Waals surface area (Å²) in [5.41, 5.74) is 0.0597. The lowest BCUT2D eigenvalue weighted by atomic mass is 9.92. The Bertz CT molecular complexity index is 334. The molecule has 1 aromatic rings. The summed E-state index contributed by atoms with van der Waals surface area (Å²) in [6.45, 7) is 7.58. The molecule has 1 heterocycles. The molecule has 1 aromatic heterocycles. The van der Waals surface area contributed by atoms with Gasteiger partial charge < -0.3 is 10.2 Å². The van der Waals surface area contributed by atoms with Crippen LogP contribution in [0.4, 0.5) is 0 Å². The number of halogens is 1. The van der Waals surface area contributed by atoms with Crippen molar-refractivity contribution in [3.8, 4) is 0 Å². The first-order valence-corrected chi connectivity index (χ1v) is 6.75. The Morgan fingerprint density at radius 1 is 1.44 bits per heavy atom. The van der Waals surface area contributed by atoms with Gasteiger partial charge in [-0.1, -0.05) is 18.5 Å². The van der Waals surface area contributed by atoms with Crippen LogP contribution in [0.5, 0.6) is 0 Å². The number of hydrogen-bond donors (Lipinski definition) is 1. The minimum atomic E-state index is 0.0597. The predicted molar refractivity (Wildman–Crippen MR) is 73.5 cm³/mol. The molecule has 2 nitrogen and oxygen atoms in total. The zero-order valence-corrected chi connectivity index (χ0v) is 12.2. The number of rotatable bonds is 5. The van der Waals surface area contributed by atoms with Gasteiger partial charge in [0.05, 0.1) is 10.4 Å². The molecule has 0 spiro atoms. The maximum absolute atomic E-state index is 6.01. The van der Waals surface area contributed by atoms with Crippen molar-refractivity contribution in [2.45, 2.75) is 32.4 Å². The topological polar surface area (TPSA) is 15.3 Å². The van der Waals surface area contributed by atoms with Crippen LogP contribution in [0.3, 0.4) is 0 Å². The number of hydrogen-bond acceptors (Lipinski definition) is 3. The van der Waals surface area contributed by atoms with E-state index in [2.05, 4.69) is 51.1 Å². The van der Waals surface area contributed by atoms with Crippen LogP contribution in [-0.2, 0) is 0 Å². The summed E-state index contributed by atoms with van der Waals surface area (Å²) in [7, 11) is 4.22. The highest BCUT2D eigenvalue weighted by molar-refractivity contribution is 7.16. The smallest absolute Gasteiger partial charge is 0.0931 e. The maximum Gasteiger partial charge on any atom is 0.0931 e. The summed E-state index contributed by atoms with van der Waals surface area (Å²) < 4.78 is 0.854. The van der Waals surface area contributed by atoms with E-state index in [1.165, 1.54) is 4.88 Å². The third-order valence-electron chi connectivity index (χ3n) is 3.15. The molecule has 0 saturated carbocycles. The Kier molecular flexibility index (Phi) is 4.80. The average molecular weight is 261 g/mol. The van der Waals surface area contributed by atoms with Gasteiger partial charge in [0, 0.05) is 10.4 Å². The van der Waals surface area contributed by atoms with Crippen LogP contribution < -0.4 is 5.32 Å². The van der Waals surface area contributed by atoms with Crippen molar-refractivity contribution in [3.63, 3.8) is 0 Å². The summed E-state index contributed by atoms with van der Waals surface area (Å²) in [5, 5.41) is 3.54. The number of nitrogens with zero attached hydrogens (tertiary/aromatic N) is 1. The van der Waals surface area contributed by atoms with Crippen molar-refractivity contribution < 1.29 is 0 Å². The molecule has 16 heavy (non-hydrogen) atoms. The molecule has 0 radical (unpaired) electrons. The summed E-state index contributed by atoms with van der Waals surface area (Å²) in [6.07, 6.45) is 0. The van der Waals surface area contributed by atoms with Crippen molar-refractivity contribution in [1.82, 2.24) is 10.2 Å². The zero-order valence-electron chi connectivity index (χ0n) is 10.7. The van der Waals surface area contributed by atoms with E-state index in [0.717, 1.165) is 10.9 Å². The summed E-state index contributed by atoms with van der Waals surface area (Å²) in [5.74, 6) is 0. The monoisotopic (exact) mass is 260 g/mol. The lowest BCUT2D eigenvalue weighted by Crippen LogP contribution is -2.49. The third kappa shape index (κ3) is 2.98. The summed E-state index contributed by atoms with van der Waals surface area (Å²) >= 11 is 7.67. The molecule has 0 saturated heterocycles. The van der Waals surface area contributed by atoms with Crippen molar-refractivity contribution >= 4 is 22.9 Å². The Morgan fingerprint density at radius 3 is 2.44 bits per heavy atom. The van der Waals surface area contributed by atoms with Crippen LogP contribution in [0.2, 0.25) is 4.34 Å². The summed E-state index contributed by atoms with van der Waals surface area (Å²) in [6, 6.07) is 4.40. The highest BCUT2D eigenvalue weighted by Crippen LogP contribution is 2.35. The Morgan fingerprint density at radius 2 is 2.06 bits per heavy atom. The second kappa shape index (κ2) is 5.50. The fourth-order valence-corrected chi connectivity index (χ4v) is 2.96. The van der Waals surface area contributed by atoms with E-state index in [9.17, 15) is 0 Å². The second-order valence-corrected chi connectivity index (χ2v) is 6.43. The molecule has 1 unspecified atom stereocenters. The van der Waals surface area contributed by atoms with E-state index in [4.69, 9.17) is 11.6 Å². The van der Waals surface area contributed by atoms with Crippen LogP contribution in [0.25, 0.3) is 0 Å². The Hall–Kier alpha value is -0.0900. The molecule has 0 aliphatic heterocycles. The van der Waals surface area contributed by atoms with Crippen LogP contribution in [0, 0.1) is 0 Å². The average Bonchev–Trinajstić information content (AvgIpc) is 2.60. The zero-order chi connectivity index (χ0) is 12.3. The van der Waals surface area contributed by atoms with Gasteiger partial charge in [-0.2, -0.15) is 0 Å². The van der Waals surface area contributed by atoms with E-state index in [1.54, 1.807) is 11.3 Å². The number of likely N-dealkylation sites (N-methyl/N-ethyl adjacent to an activating group) is 2. The van der Waals surface area contributed by atoms with Gasteiger partial charge in [-0.05, 0) is 46.6 Å². The van der Waals surface area contributed by atoms with E-state index in [1.807, 2.05) is 6.07 Å². The van der Waals surface area contributed by atoms with Crippen LogP contribution in [0.1, 0.15) is 31.7 Å². The van der Waals surface area contributed by atoms with Crippen molar-refractivity contribution in [2.75, 3.05) is 20.6 Å². The highest BCUT2D eigenvalue weighted by atomic mass is 35.5. The summed E-state index contributed by atoms with van der Waals surface area (Å²) in [4.78, 5) is 3.54. The first kappa shape index (κ1) is 14.0. The highest BCUT2D eigenvalue weighted by Gasteiger charge is 2.33. The van der Waals surface area contributed by atoms with E-state index < -0.39 is 0 Å². The Labute approximate surface area is 108 Å². The minimum absolute atomic E-state index is 0.0597. The largest absolute Gasteiger partial charge is 0.308 e. The van der Waals surface area contributed by atoms with E-state index in [0.29, 0.717) is 6.04 Å². The van der Waals surface area contributed by atoms with Gasteiger partial charge in [-0.25, -0.2) is 0 Å². The molecule has 1 atom stereocenters. The lowest BCUT2D eigenvalue weighted by Gasteiger charge is -2.40. The third-order valence-corrected chi connectivity index (χ3v) is 4.44. The van der Waals surface area contributed by atoms with Gasteiger partial charge in [-0.3, -0.25) is 0 Å². The van der Waals surface area contributed by atoms with Gasteiger partial charge in [0.2, 0.25) is 0 Å². The standard InChI is InChI=1S/C12H21ClN2S/c1-6-14-11(12(2,3)15(4)5)9-7-8-10(13)16-9/h7-8,11,14H,6H2,1-5H3. The quantitative estimate of drug-likeness (QED) is 0.873. The maximum atomic E-state index is 6.01. The van der Waals surface area contributed by atoms with Crippen LogP contribution in [-0.4, -0.2) is 31.1 Å². The van der Waals surface area contributed by atoms with E-state index >= 15 is 0 Å². The SMILES string of the molecule is CCNC(c1ccc(Cl)s1)C(C)(C)N(C)C. The first-order chi connectivity index (χ1) is 7.39. The van der Waals surface area contributed by atoms with Gasteiger partial charge >= 0.3 is 0 Å². The molecule has 0 bridgehead atoms. The van der Waals surface area contributed by atoms with Crippen molar-refractivity contribution in [2.24, 2.45) is 0 Å². The molecule has 4 heteroatoms. The molecular formula is C12H21ClN2S. The molecule has 0 amide bonds. The minimum Gasteiger partial charge on any atom is -0.308 e. The van der Waals surface area contributed by atoms with Gasteiger partial charge in [0.15, 0.2) is 0 Å². The van der Waals surface area contributed by atoms with Crippen LogP contribution in [0.15, 0.2) is 12.1 Å². The number of nitrogens with one attached hydrogen (secondary N) is 1. The molecule has 0 aliphatic carbocycles. The van der Waals surface area contributed by atoms with Crippen molar-refractivity contribution in [1.29, 1.82) is 0 Å². The fraction of sp³-hybridized carbons (Fsp3) is 0.667. The molecule has 0 fully saturated rings. The van der Waals surface area contributed by atoms with E-state index in [-0.39, 0.29) is 5.54 Å².